The number of anilines is 1. The minimum absolute atomic E-state index is 0.0255. The maximum atomic E-state index is 12.7. The Hall–Kier alpha value is -2.90. The number of methoxy groups -OCH3 is 1. The van der Waals surface area contributed by atoms with Crippen molar-refractivity contribution >= 4 is 35.1 Å². The van der Waals surface area contributed by atoms with Gasteiger partial charge >= 0.3 is 0 Å². The van der Waals surface area contributed by atoms with E-state index in [4.69, 9.17) is 27.7 Å². The lowest BCUT2D eigenvalue weighted by molar-refractivity contribution is -0.137. The van der Waals surface area contributed by atoms with Crippen LogP contribution in [0.15, 0.2) is 48.5 Å². The molecule has 0 bridgehead atoms. The highest BCUT2D eigenvalue weighted by atomic mass is 35.5. The van der Waals surface area contributed by atoms with Crippen molar-refractivity contribution < 1.29 is 14.3 Å². The second-order valence-electron chi connectivity index (χ2n) is 5.89. The van der Waals surface area contributed by atoms with Crippen molar-refractivity contribution in [3.8, 4) is 0 Å². The number of nitrogen functional groups attached to an aromatic ring is 1. The van der Waals surface area contributed by atoms with E-state index in [1.54, 1.807) is 48.5 Å². The lowest BCUT2D eigenvalue weighted by Crippen LogP contribution is -2.28. The lowest BCUT2D eigenvalue weighted by atomic mass is 10.1. The van der Waals surface area contributed by atoms with Gasteiger partial charge in [0.25, 0.3) is 5.91 Å². The van der Waals surface area contributed by atoms with Gasteiger partial charge in [-0.3, -0.25) is 15.0 Å². The zero-order valence-electron chi connectivity index (χ0n) is 15.0. The molecule has 0 spiro atoms. The molecule has 2 rings (SSSR count). The first kappa shape index (κ1) is 20.4. The molecule has 0 heterocycles. The van der Waals surface area contributed by atoms with Gasteiger partial charge in [-0.2, -0.15) is 0 Å². The largest absolute Gasteiger partial charge is 0.384 e. The second kappa shape index (κ2) is 9.16. The average molecular weight is 389 g/mol. The highest BCUT2D eigenvalue weighted by Gasteiger charge is 2.25. The summed E-state index contributed by atoms with van der Waals surface area (Å²) in [6, 6.07) is 13.7. The summed E-state index contributed by atoms with van der Waals surface area (Å²) < 4.78 is 6.38. The van der Waals surface area contributed by atoms with Crippen molar-refractivity contribution in [2.24, 2.45) is 5.73 Å². The number of carbonyl (C=O) groups is 2. The van der Waals surface area contributed by atoms with Crippen LogP contribution in [0, 0.1) is 5.41 Å². The minimum Gasteiger partial charge on any atom is -0.384 e. The van der Waals surface area contributed by atoms with Crippen molar-refractivity contribution in [1.82, 2.24) is 4.42 Å². The zero-order chi connectivity index (χ0) is 20.0. The van der Waals surface area contributed by atoms with Crippen molar-refractivity contribution in [1.29, 1.82) is 5.41 Å². The van der Waals surface area contributed by atoms with E-state index in [-0.39, 0.29) is 18.3 Å². The molecule has 27 heavy (non-hydrogen) atoms. The van der Waals surface area contributed by atoms with E-state index >= 15 is 0 Å². The van der Waals surface area contributed by atoms with Crippen LogP contribution in [-0.4, -0.2) is 29.2 Å². The van der Waals surface area contributed by atoms with Crippen LogP contribution in [0.4, 0.5) is 5.69 Å². The Labute approximate surface area is 162 Å². The quantitative estimate of drug-likeness (QED) is 0.385. The van der Waals surface area contributed by atoms with Gasteiger partial charge in [0.1, 0.15) is 5.84 Å². The van der Waals surface area contributed by atoms with Gasteiger partial charge in [0, 0.05) is 37.1 Å². The monoisotopic (exact) mass is 388 g/mol. The summed E-state index contributed by atoms with van der Waals surface area (Å²) in [5.74, 6) is -0.616. The molecule has 0 aliphatic heterocycles. The van der Waals surface area contributed by atoms with Gasteiger partial charge in [-0.25, -0.2) is 4.42 Å². The topological polar surface area (TPSA) is 109 Å². The molecule has 0 aromatic heterocycles. The summed E-state index contributed by atoms with van der Waals surface area (Å²) in [5, 5.41) is 10.1. The van der Waals surface area contributed by atoms with Gasteiger partial charge < -0.3 is 15.8 Å². The number of hydrogen-bond acceptors (Lipinski definition) is 4. The lowest BCUT2D eigenvalue weighted by Gasteiger charge is -2.21. The van der Waals surface area contributed by atoms with Crippen LogP contribution in [0.1, 0.15) is 29.7 Å². The highest BCUT2D eigenvalue weighted by molar-refractivity contribution is 6.21. The van der Waals surface area contributed by atoms with Gasteiger partial charge in [0.05, 0.1) is 6.54 Å². The number of amidine groups is 1. The fraction of sp³-hybridized carbons (Fsp3) is 0.211. The number of ether oxygens (including phenoxy) is 1. The van der Waals surface area contributed by atoms with E-state index in [2.05, 4.69) is 5.32 Å². The number of carbonyl (C=O) groups excluding carboxylic acids is 2. The van der Waals surface area contributed by atoms with Gasteiger partial charge in [-0.1, -0.05) is 36.4 Å². The Kier molecular flexibility index (Phi) is 6.92. The molecule has 7 nitrogen and oxygen atoms in total. The van der Waals surface area contributed by atoms with Crippen molar-refractivity contribution in [3.63, 3.8) is 0 Å². The molecule has 0 saturated carbocycles. The van der Waals surface area contributed by atoms with E-state index in [0.717, 1.165) is 9.98 Å². The SMILES string of the molecule is COC(C(=O)N(Cl)Cc1ccc(C(=N)N)cc1)c1ccc(NC(C)=O)cc1. The zero-order valence-corrected chi connectivity index (χ0v) is 15.8. The third-order valence-corrected chi connectivity index (χ3v) is 4.11. The molecular weight excluding hydrogens is 368 g/mol. The molecule has 4 N–H and O–H groups in total. The fourth-order valence-electron chi connectivity index (χ4n) is 2.48. The van der Waals surface area contributed by atoms with Crippen LogP contribution in [0.5, 0.6) is 0 Å². The van der Waals surface area contributed by atoms with Crippen LogP contribution in [-0.2, 0) is 20.9 Å². The predicted octanol–water partition coefficient (Wildman–Crippen LogP) is 2.80. The second-order valence-corrected chi connectivity index (χ2v) is 6.30. The maximum absolute atomic E-state index is 12.7. The molecule has 0 aliphatic carbocycles. The number of hydrogen-bond donors (Lipinski definition) is 3. The third kappa shape index (κ3) is 5.54. The summed E-state index contributed by atoms with van der Waals surface area (Å²) in [4.78, 5) is 23.7. The molecule has 0 saturated heterocycles. The standard InChI is InChI=1S/C19H21ClN4O3/c1-12(25)23-16-9-7-14(8-10-16)17(27-2)19(26)24(20)11-13-3-5-15(6-4-13)18(21)22/h3-10,17H,11H2,1-2H3,(H3,21,22)(H,23,25). The molecule has 0 aliphatic rings. The van der Waals surface area contributed by atoms with Crippen LogP contribution >= 0.6 is 11.8 Å². The molecule has 8 heteroatoms. The fourth-order valence-corrected chi connectivity index (χ4v) is 2.71. The molecule has 2 aromatic rings. The number of nitrogens with two attached hydrogens (primary N) is 1. The summed E-state index contributed by atoms with van der Waals surface area (Å²) in [6.45, 7) is 1.59. The summed E-state index contributed by atoms with van der Waals surface area (Å²) in [6.07, 6.45) is -0.870. The normalized spacial score (nSPS) is 11.5. The third-order valence-electron chi connectivity index (χ3n) is 3.82. The summed E-state index contributed by atoms with van der Waals surface area (Å²) >= 11 is 6.17. The van der Waals surface area contributed by atoms with Gasteiger partial charge in [0.2, 0.25) is 5.91 Å². The number of nitrogens with zero attached hydrogens (tertiary/aromatic N) is 1. The molecule has 1 unspecified atom stereocenters. The molecule has 2 amide bonds. The van der Waals surface area contributed by atoms with Gasteiger partial charge in [-0.05, 0) is 23.3 Å². The van der Waals surface area contributed by atoms with Crippen LogP contribution in [0.25, 0.3) is 0 Å². The summed E-state index contributed by atoms with van der Waals surface area (Å²) in [7, 11) is 1.43. The van der Waals surface area contributed by atoms with Gasteiger partial charge in [-0.15, -0.1) is 0 Å². The van der Waals surface area contributed by atoms with Crippen LogP contribution in [0.3, 0.4) is 0 Å². The van der Waals surface area contributed by atoms with E-state index in [1.807, 2.05) is 0 Å². The van der Waals surface area contributed by atoms with Gasteiger partial charge in [0.15, 0.2) is 6.10 Å². The molecule has 0 radical (unpaired) electrons. The van der Waals surface area contributed by atoms with E-state index < -0.39 is 12.0 Å². The molecular formula is C19H21ClN4O3. The Morgan fingerprint density at radius 3 is 2.26 bits per heavy atom. The number of halogens is 1. The molecule has 142 valence electrons. The highest BCUT2D eigenvalue weighted by Crippen LogP contribution is 2.23. The minimum atomic E-state index is -0.870. The van der Waals surface area contributed by atoms with Crippen LogP contribution < -0.4 is 11.1 Å². The van der Waals surface area contributed by atoms with E-state index in [0.29, 0.717) is 16.8 Å². The first-order chi connectivity index (χ1) is 12.8. The van der Waals surface area contributed by atoms with E-state index in [9.17, 15) is 9.59 Å². The number of nitrogens with one attached hydrogen (secondary N) is 2. The smallest absolute Gasteiger partial charge is 0.270 e. The van der Waals surface area contributed by atoms with Crippen molar-refractivity contribution in [3.05, 3.63) is 65.2 Å². The molecule has 1 atom stereocenters. The van der Waals surface area contributed by atoms with E-state index in [1.165, 1.54) is 14.0 Å². The summed E-state index contributed by atoms with van der Waals surface area (Å²) in [5.41, 5.74) is 8.06. The molecule has 2 aromatic carbocycles. The first-order valence-electron chi connectivity index (χ1n) is 8.12. The Morgan fingerprint density at radius 1 is 1.19 bits per heavy atom. The van der Waals surface area contributed by atoms with Crippen molar-refractivity contribution in [2.75, 3.05) is 12.4 Å². The number of rotatable bonds is 7. The Balaban J connectivity index is 2.08. The Bertz CT molecular complexity index is 822. The maximum Gasteiger partial charge on any atom is 0.270 e. The number of amides is 2. The number of benzene rings is 2. The average Bonchev–Trinajstić information content (AvgIpc) is 2.63. The van der Waals surface area contributed by atoms with Crippen LogP contribution in [0.2, 0.25) is 0 Å². The van der Waals surface area contributed by atoms with Crippen molar-refractivity contribution in [2.45, 2.75) is 19.6 Å². The first-order valence-corrected chi connectivity index (χ1v) is 8.46. The molecule has 0 fully saturated rings. The predicted molar refractivity (Wildman–Crippen MR) is 104 cm³/mol. The Morgan fingerprint density at radius 2 is 1.78 bits per heavy atom.